The van der Waals surface area contributed by atoms with Crippen LogP contribution in [0.3, 0.4) is 0 Å². The van der Waals surface area contributed by atoms with E-state index in [4.69, 9.17) is 0 Å². The standard InChI is InChI=1S/C17H28/c1-6-16(4)11-10-15-14(12-16)9-8-13(3)17(15,5)7-2/h6,9,13,15H,1,7-8,10-12H2,2-5H3. The van der Waals surface area contributed by atoms with Gasteiger partial charge in [0.05, 0.1) is 0 Å². The van der Waals surface area contributed by atoms with Crippen LogP contribution in [0.4, 0.5) is 0 Å². The first kappa shape index (κ1) is 12.9. The van der Waals surface area contributed by atoms with E-state index in [1.165, 1.54) is 32.1 Å². The van der Waals surface area contributed by atoms with Crippen molar-refractivity contribution < 1.29 is 0 Å². The van der Waals surface area contributed by atoms with Gasteiger partial charge in [-0.1, -0.05) is 45.4 Å². The van der Waals surface area contributed by atoms with Crippen LogP contribution in [0.25, 0.3) is 0 Å². The molecule has 0 heteroatoms. The fraction of sp³-hybridized carbons (Fsp3) is 0.765. The van der Waals surface area contributed by atoms with Crippen molar-refractivity contribution in [2.45, 2.75) is 59.8 Å². The molecule has 0 N–H and O–H groups in total. The van der Waals surface area contributed by atoms with Gasteiger partial charge in [-0.25, -0.2) is 0 Å². The van der Waals surface area contributed by atoms with E-state index in [1.54, 1.807) is 5.57 Å². The first-order valence-electron chi connectivity index (χ1n) is 7.28. The molecule has 2 aliphatic rings. The Morgan fingerprint density at radius 3 is 2.76 bits per heavy atom. The molecule has 1 saturated carbocycles. The summed E-state index contributed by atoms with van der Waals surface area (Å²) in [6, 6.07) is 0. The van der Waals surface area contributed by atoms with Gasteiger partial charge in [0, 0.05) is 0 Å². The Balaban J connectivity index is 2.28. The zero-order chi connectivity index (χ0) is 12.7. The predicted octanol–water partition coefficient (Wildman–Crippen LogP) is 5.36. The summed E-state index contributed by atoms with van der Waals surface area (Å²) in [6.45, 7) is 13.7. The van der Waals surface area contributed by atoms with E-state index in [0.717, 1.165) is 11.8 Å². The largest absolute Gasteiger partial charge is 0.103 e. The molecule has 0 spiro atoms. The number of fused-ring (bicyclic) bond motifs is 1. The molecule has 2 aliphatic carbocycles. The molecule has 0 nitrogen and oxygen atoms in total. The molecular formula is C17H28. The Labute approximate surface area is 107 Å². The van der Waals surface area contributed by atoms with Gasteiger partial charge >= 0.3 is 0 Å². The van der Waals surface area contributed by atoms with E-state index < -0.39 is 0 Å². The molecule has 0 aliphatic heterocycles. The van der Waals surface area contributed by atoms with Crippen molar-refractivity contribution in [2.75, 3.05) is 0 Å². The molecule has 17 heavy (non-hydrogen) atoms. The van der Waals surface area contributed by atoms with Crippen molar-refractivity contribution in [1.82, 2.24) is 0 Å². The Kier molecular flexibility index (Phi) is 3.27. The molecule has 0 saturated heterocycles. The van der Waals surface area contributed by atoms with Crippen molar-refractivity contribution in [1.29, 1.82) is 0 Å². The second-order valence-corrected chi connectivity index (χ2v) is 6.90. The van der Waals surface area contributed by atoms with E-state index in [2.05, 4.69) is 46.4 Å². The van der Waals surface area contributed by atoms with Gasteiger partial charge in [-0.05, 0) is 54.8 Å². The summed E-state index contributed by atoms with van der Waals surface area (Å²) in [5.41, 5.74) is 2.63. The highest BCUT2D eigenvalue weighted by molar-refractivity contribution is 5.22. The zero-order valence-electron chi connectivity index (χ0n) is 12.1. The molecule has 0 bridgehead atoms. The van der Waals surface area contributed by atoms with E-state index in [-0.39, 0.29) is 0 Å². The summed E-state index contributed by atoms with van der Waals surface area (Å²) in [4.78, 5) is 0. The van der Waals surface area contributed by atoms with Crippen LogP contribution in [0.15, 0.2) is 24.3 Å². The van der Waals surface area contributed by atoms with E-state index in [0.29, 0.717) is 10.8 Å². The normalized spacial score (nSPS) is 46.0. The summed E-state index contributed by atoms with van der Waals surface area (Å²) in [7, 11) is 0. The molecule has 0 radical (unpaired) electrons. The van der Waals surface area contributed by atoms with Crippen molar-refractivity contribution in [3.63, 3.8) is 0 Å². The van der Waals surface area contributed by atoms with Crippen molar-refractivity contribution in [3.8, 4) is 0 Å². The van der Waals surface area contributed by atoms with Gasteiger partial charge in [-0.3, -0.25) is 0 Å². The maximum atomic E-state index is 4.04. The molecule has 0 aromatic rings. The minimum atomic E-state index is 0.359. The number of rotatable bonds is 2. The van der Waals surface area contributed by atoms with Crippen LogP contribution in [0.1, 0.15) is 59.8 Å². The number of hydrogen-bond acceptors (Lipinski definition) is 0. The molecule has 4 atom stereocenters. The highest BCUT2D eigenvalue weighted by atomic mass is 14.5. The van der Waals surface area contributed by atoms with Gasteiger partial charge < -0.3 is 0 Å². The minimum absolute atomic E-state index is 0.359. The van der Waals surface area contributed by atoms with E-state index in [9.17, 15) is 0 Å². The second-order valence-electron chi connectivity index (χ2n) is 6.90. The maximum absolute atomic E-state index is 4.04. The van der Waals surface area contributed by atoms with Crippen LogP contribution in [0.2, 0.25) is 0 Å². The van der Waals surface area contributed by atoms with Gasteiger partial charge in [0.25, 0.3) is 0 Å². The van der Waals surface area contributed by atoms with Gasteiger partial charge in [0.1, 0.15) is 0 Å². The van der Waals surface area contributed by atoms with Crippen LogP contribution in [-0.4, -0.2) is 0 Å². The molecule has 0 aromatic heterocycles. The lowest BCUT2D eigenvalue weighted by atomic mass is 9.54. The first-order valence-corrected chi connectivity index (χ1v) is 7.28. The van der Waals surface area contributed by atoms with Crippen LogP contribution >= 0.6 is 0 Å². The fourth-order valence-corrected chi connectivity index (χ4v) is 4.01. The lowest BCUT2D eigenvalue weighted by Gasteiger charge is -2.51. The van der Waals surface area contributed by atoms with Crippen LogP contribution in [-0.2, 0) is 0 Å². The Morgan fingerprint density at radius 1 is 1.47 bits per heavy atom. The van der Waals surface area contributed by atoms with Crippen LogP contribution in [0, 0.1) is 22.7 Å². The lowest BCUT2D eigenvalue weighted by molar-refractivity contribution is 0.0706. The summed E-state index contributed by atoms with van der Waals surface area (Å²) in [5.74, 6) is 1.68. The van der Waals surface area contributed by atoms with Crippen molar-refractivity contribution in [2.24, 2.45) is 22.7 Å². The first-order chi connectivity index (χ1) is 7.95. The zero-order valence-corrected chi connectivity index (χ0v) is 12.1. The van der Waals surface area contributed by atoms with E-state index >= 15 is 0 Å². The Bertz CT molecular complexity index is 338. The van der Waals surface area contributed by atoms with Gasteiger partial charge in [-0.2, -0.15) is 0 Å². The fourth-order valence-electron chi connectivity index (χ4n) is 4.01. The summed E-state index contributed by atoms with van der Waals surface area (Å²) in [5, 5.41) is 0. The third-order valence-electron chi connectivity index (χ3n) is 5.97. The predicted molar refractivity (Wildman–Crippen MR) is 75.9 cm³/mol. The van der Waals surface area contributed by atoms with Gasteiger partial charge in [0.2, 0.25) is 0 Å². The summed E-state index contributed by atoms with van der Waals surface area (Å²) < 4.78 is 0. The molecule has 1 fully saturated rings. The number of hydrogen-bond donors (Lipinski definition) is 0. The quantitative estimate of drug-likeness (QED) is 0.562. The van der Waals surface area contributed by atoms with E-state index in [1.807, 2.05) is 0 Å². The molecular weight excluding hydrogens is 204 g/mol. The molecule has 2 rings (SSSR count). The lowest BCUT2D eigenvalue weighted by Crippen LogP contribution is -2.41. The molecule has 0 aromatic carbocycles. The highest BCUT2D eigenvalue weighted by Gasteiger charge is 2.45. The van der Waals surface area contributed by atoms with Gasteiger partial charge in [-0.15, -0.1) is 6.58 Å². The third kappa shape index (κ3) is 2.00. The minimum Gasteiger partial charge on any atom is -0.103 e. The topological polar surface area (TPSA) is 0 Å². The summed E-state index contributed by atoms with van der Waals surface area (Å²) in [6.07, 6.45) is 11.3. The Morgan fingerprint density at radius 2 is 2.18 bits per heavy atom. The van der Waals surface area contributed by atoms with Crippen molar-refractivity contribution >= 4 is 0 Å². The molecule has 0 amide bonds. The van der Waals surface area contributed by atoms with Crippen molar-refractivity contribution in [3.05, 3.63) is 24.3 Å². The summed E-state index contributed by atoms with van der Waals surface area (Å²) >= 11 is 0. The van der Waals surface area contributed by atoms with Crippen LogP contribution in [0.5, 0.6) is 0 Å². The smallest absolute Gasteiger partial charge is 0.0112 e. The average molecular weight is 232 g/mol. The van der Waals surface area contributed by atoms with Crippen LogP contribution < -0.4 is 0 Å². The molecule has 4 unspecified atom stereocenters. The second kappa shape index (κ2) is 4.30. The van der Waals surface area contributed by atoms with Gasteiger partial charge in [0.15, 0.2) is 0 Å². The molecule has 96 valence electrons. The molecule has 0 heterocycles. The number of allylic oxidation sites excluding steroid dienone is 3. The maximum Gasteiger partial charge on any atom is -0.0112 e. The SMILES string of the molecule is C=CC1(C)CCC2C(=CCC(C)C2(C)CC)C1. The Hall–Kier alpha value is -0.520. The average Bonchev–Trinajstić information content (AvgIpc) is 2.34. The monoisotopic (exact) mass is 232 g/mol. The third-order valence-corrected chi connectivity index (χ3v) is 5.97. The highest BCUT2D eigenvalue weighted by Crippen LogP contribution is 2.56.